The maximum absolute atomic E-state index is 6.36. The highest BCUT2D eigenvalue weighted by Gasteiger charge is 2.31. The molecular formula is C12H22N2. The van der Waals surface area contributed by atoms with Crippen LogP contribution in [0.5, 0.6) is 0 Å². The Balaban J connectivity index is 1.86. The molecule has 0 unspecified atom stereocenters. The van der Waals surface area contributed by atoms with Crippen molar-refractivity contribution in [3.05, 3.63) is 11.6 Å². The molecule has 2 heteroatoms. The fourth-order valence-corrected chi connectivity index (χ4v) is 2.64. The molecule has 0 aromatic carbocycles. The first kappa shape index (κ1) is 10.2. The van der Waals surface area contributed by atoms with E-state index in [4.69, 9.17) is 5.73 Å². The zero-order chi connectivity index (χ0) is 10.0. The smallest absolute Gasteiger partial charge is 0.0283 e. The summed E-state index contributed by atoms with van der Waals surface area (Å²) in [5, 5.41) is 0. The van der Waals surface area contributed by atoms with Crippen molar-refractivity contribution in [1.82, 2.24) is 4.90 Å². The molecule has 1 heterocycles. The highest BCUT2D eigenvalue weighted by molar-refractivity contribution is 5.05. The van der Waals surface area contributed by atoms with Gasteiger partial charge in [0.1, 0.15) is 0 Å². The second-order valence-electron chi connectivity index (χ2n) is 5.11. The Morgan fingerprint density at radius 1 is 1.43 bits per heavy atom. The molecule has 0 aromatic heterocycles. The van der Waals surface area contributed by atoms with Gasteiger partial charge in [-0.05, 0) is 26.2 Å². The molecule has 2 rings (SSSR count). The number of hydrogen-bond donors (Lipinski definition) is 1. The van der Waals surface area contributed by atoms with Gasteiger partial charge >= 0.3 is 0 Å². The van der Waals surface area contributed by atoms with Gasteiger partial charge in [0, 0.05) is 25.2 Å². The van der Waals surface area contributed by atoms with Crippen LogP contribution in [0.3, 0.4) is 0 Å². The van der Waals surface area contributed by atoms with Gasteiger partial charge in [0.05, 0.1) is 0 Å². The van der Waals surface area contributed by atoms with Crippen molar-refractivity contribution in [2.24, 2.45) is 5.73 Å². The summed E-state index contributed by atoms with van der Waals surface area (Å²) in [5.74, 6) is 0. The van der Waals surface area contributed by atoms with Crippen molar-refractivity contribution in [3.63, 3.8) is 0 Å². The summed E-state index contributed by atoms with van der Waals surface area (Å²) in [6, 6.07) is 0. The zero-order valence-corrected chi connectivity index (χ0v) is 9.26. The molecule has 1 fully saturated rings. The Labute approximate surface area is 87.2 Å². The molecular weight excluding hydrogens is 172 g/mol. The van der Waals surface area contributed by atoms with Crippen molar-refractivity contribution < 1.29 is 0 Å². The normalized spacial score (nSPS) is 27.7. The van der Waals surface area contributed by atoms with Crippen LogP contribution < -0.4 is 5.73 Å². The van der Waals surface area contributed by atoms with E-state index in [1.54, 1.807) is 5.57 Å². The summed E-state index contributed by atoms with van der Waals surface area (Å²) in [6.45, 7) is 5.66. The Kier molecular flexibility index (Phi) is 2.93. The lowest BCUT2D eigenvalue weighted by molar-refractivity contribution is 0.222. The Morgan fingerprint density at radius 2 is 2.14 bits per heavy atom. The molecule has 0 bridgehead atoms. The average Bonchev–Trinajstić information content (AvgIpc) is 2.57. The Bertz CT molecular complexity index is 226. The van der Waals surface area contributed by atoms with Crippen LogP contribution in [0.1, 0.15) is 39.0 Å². The first-order valence-electron chi connectivity index (χ1n) is 5.85. The quantitative estimate of drug-likeness (QED) is 0.680. The summed E-state index contributed by atoms with van der Waals surface area (Å²) in [4.78, 5) is 2.51. The minimum Gasteiger partial charge on any atom is -0.324 e. The largest absolute Gasteiger partial charge is 0.324 e. The van der Waals surface area contributed by atoms with Crippen LogP contribution in [0, 0.1) is 0 Å². The van der Waals surface area contributed by atoms with Crippen LogP contribution in [-0.2, 0) is 0 Å². The first-order valence-corrected chi connectivity index (χ1v) is 5.85. The molecule has 14 heavy (non-hydrogen) atoms. The number of hydrogen-bond acceptors (Lipinski definition) is 2. The first-order chi connectivity index (χ1) is 6.68. The van der Waals surface area contributed by atoms with Crippen LogP contribution in [0.4, 0.5) is 0 Å². The second kappa shape index (κ2) is 4.03. The molecule has 0 atom stereocenters. The lowest BCUT2D eigenvalue weighted by atomic mass is 9.97. The van der Waals surface area contributed by atoms with Crippen molar-refractivity contribution in [1.29, 1.82) is 0 Å². The number of nitrogens with two attached hydrogens (primary N) is 1. The van der Waals surface area contributed by atoms with E-state index >= 15 is 0 Å². The van der Waals surface area contributed by atoms with E-state index in [-0.39, 0.29) is 5.54 Å². The van der Waals surface area contributed by atoms with Gasteiger partial charge in [0.25, 0.3) is 0 Å². The average molecular weight is 194 g/mol. The van der Waals surface area contributed by atoms with Crippen molar-refractivity contribution >= 4 is 0 Å². The summed E-state index contributed by atoms with van der Waals surface area (Å²) < 4.78 is 0. The highest BCUT2D eigenvalue weighted by Crippen LogP contribution is 2.28. The van der Waals surface area contributed by atoms with Gasteiger partial charge in [-0.15, -0.1) is 0 Å². The maximum atomic E-state index is 6.36. The van der Waals surface area contributed by atoms with E-state index in [2.05, 4.69) is 17.9 Å². The summed E-state index contributed by atoms with van der Waals surface area (Å²) in [5.41, 5.74) is 8.04. The van der Waals surface area contributed by atoms with Gasteiger partial charge in [-0.1, -0.05) is 24.5 Å². The second-order valence-corrected chi connectivity index (χ2v) is 5.11. The fraction of sp³-hybridized carbons (Fsp3) is 0.833. The van der Waals surface area contributed by atoms with E-state index in [1.807, 2.05) is 0 Å². The van der Waals surface area contributed by atoms with Gasteiger partial charge in [-0.2, -0.15) is 0 Å². The molecule has 0 radical (unpaired) electrons. The van der Waals surface area contributed by atoms with E-state index in [0.29, 0.717) is 0 Å². The lowest BCUT2D eigenvalue weighted by Gasteiger charge is -2.33. The SMILES string of the molecule is CC1=CCN(CC2(N)CCCC2)CC1. The van der Waals surface area contributed by atoms with Crippen LogP contribution in [0.25, 0.3) is 0 Å². The number of nitrogens with zero attached hydrogens (tertiary/aromatic N) is 1. The zero-order valence-electron chi connectivity index (χ0n) is 9.26. The minimum absolute atomic E-state index is 0.138. The van der Waals surface area contributed by atoms with Gasteiger partial charge in [-0.3, -0.25) is 4.90 Å². The highest BCUT2D eigenvalue weighted by atomic mass is 15.1. The molecule has 1 aliphatic heterocycles. The van der Waals surface area contributed by atoms with Gasteiger partial charge in [0.2, 0.25) is 0 Å². The molecule has 1 saturated carbocycles. The summed E-state index contributed by atoms with van der Waals surface area (Å²) in [7, 11) is 0. The molecule has 0 saturated heterocycles. The topological polar surface area (TPSA) is 29.3 Å². The van der Waals surface area contributed by atoms with E-state index in [0.717, 1.165) is 13.1 Å². The maximum Gasteiger partial charge on any atom is 0.0283 e. The Morgan fingerprint density at radius 3 is 2.71 bits per heavy atom. The van der Waals surface area contributed by atoms with Crippen molar-refractivity contribution in [2.75, 3.05) is 19.6 Å². The predicted octanol–water partition coefficient (Wildman–Crippen LogP) is 1.91. The van der Waals surface area contributed by atoms with Gasteiger partial charge in [-0.25, -0.2) is 0 Å². The molecule has 0 aromatic rings. The monoisotopic (exact) mass is 194 g/mol. The standard InChI is InChI=1S/C12H22N2/c1-11-4-8-14(9-5-11)10-12(13)6-2-3-7-12/h4H,2-3,5-10,13H2,1H3. The number of rotatable bonds is 2. The van der Waals surface area contributed by atoms with Crippen LogP contribution in [0.2, 0.25) is 0 Å². The van der Waals surface area contributed by atoms with Crippen molar-refractivity contribution in [2.45, 2.75) is 44.6 Å². The van der Waals surface area contributed by atoms with Crippen LogP contribution in [-0.4, -0.2) is 30.1 Å². The van der Waals surface area contributed by atoms with E-state index in [1.165, 1.54) is 38.6 Å². The van der Waals surface area contributed by atoms with Crippen LogP contribution >= 0.6 is 0 Å². The minimum atomic E-state index is 0.138. The lowest BCUT2D eigenvalue weighted by Crippen LogP contribution is -2.49. The molecule has 2 N–H and O–H groups in total. The third-order valence-corrected chi connectivity index (χ3v) is 3.66. The molecule has 2 nitrogen and oxygen atoms in total. The van der Waals surface area contributed by atoms with Gasteiger partial charge < -0.3 is 5.73 Å². The molecule has 0 spiro atoms. The van der Waals surface area contributed by atoms with Crippen molar-refractivity contribution in [3.8, 4) is 0 Å². The van der Waals surface area contributed by atoms with Crippen LogP contribution in [0.15, 0.2) is 11.6 Å². The predicted molar refractivity (Wildman–Crippen MR) is 60.2 cm³/mol. The summed E-state index contributed by atoms with van der Waals surface area (Å²) in [6.07, 6.45) is 8.70. The Hall–Kier alpha value is -0.340. The van der Waals surface area contributed by atoms with Gasteiger partial charge in [0.15, 0.2) is 0 Å². The summed E-state index contributed by atoms with van der Waals surface area (Å²) >= 11 is 0. The van der Waals surface area contributed by atoms with E-state index < -0.39 is 0 Å². The molecule has 80 valence electrons. The molecule has 1 aliphatic carbocycles. The molecule has 2 aliphatic rings. The molecule has 0 amide bonds. The fourth-order valence-electron chi connectivity index (χ4n) is 2.64. The third-order valence-electron chi connectivity index (χ3n) is 3.66. The third kappa shape index (κ3) is 2.37. The van der Waals surface area contributed by atoms with E-state index in [9.17, 15) is 0 Å².